The maximum absolute atomic E-state index is 12.3. The van der Waals surface area contributed by atoms with Crippen LogP contribution in [0.4, 0.5) is 4.79 Å². The molecule has 1 saturated heterocycles. The molecule has 1 amide bonds. The normalized spacial score (nSPS) is 14.6. The third kappa shape index (κ3) is 5.24. The highest BCUT2D eigenvalue weighted by atomic mass is 16.6. The number of aliphatic carboxylic acids is 2. The molecule has 3 aromatic carbocycles. The zero-order valence-electron chi connectivity index (χ0n) is 18.4. The van der Waals surface area contributed by atoms with Crippen LogP contribution in [-0.4, -0.2) is 59.3 Å². The molecule has 0 saturated carbocycles. The van der Waals surface area contributed by atoms with E-state index in [1.54, 1.807) is 4.90 Å². The standard InChI is InChI=1S/C22H20N2O2.C4H4O4/c25-22(24-12-10-23-11-13-24)26-17-6-9-19-16(14-17)5-8-20-18-3-1-2-15(18)4-7-21(19)20;5-3(6)1-2-4(7)8/h1-2,4-9,14,23H,3,10-13H2;1-2H,(H,5,6)(H,7,8)/b;2-1-. The molecular weight excluding hydrogens is 436 g/mol. The number of hydrogen-bond donors (Lipinski definition) is 3. The zero-order valence-corrected chi connectivity index (χ0v) is 18.4. The lowest BCUT2D eigenvalue weighted by Crippen LogP contribution is -2.47. The van der Waals surface area contributed by atoms with E-state index in [-0.39, 0.29) is 6.09 Å². The largest absolute Gasteiger partial charge is 0.478 e. The first kappa shape index (κ1) is 23.0. The Bertz CT molecular complexity index is 1310. The smallest absolute Gasteiger partial charge is 0.415 e. The van der Waals surface area contributed by atoms with Gasteiger partial charge in [-0.25, -0.2) is 14.4 Å². The van der Waals surface area contributed by atoms with E-state index in [9.17, 15) is 14.4 Å². The van der Waals surface area contributed by atoms with E-state index in [0.29, 0.717) is 31.0 Å². The van der Waals surface area contributed by atoms with Gasteiger partial charge in [-0.3, -0.25) is 0 Å². The van der Waals surface area contributed by atoms with E-state index in [1.807, 2.05) is 12.1 Å². The molecule has 1 fully saturated rings. The summed E-state index contributed by atoms with van der Waals surface area (Å²) in [4.78, 5) is 33.2. The lowest BCUT2D eigenvalue weighted by Gasteiger charge is -2.26. The van der Waals surface area contributed by atoms with Crippen molar-refractivity contribution in [3.05, 3.63) is 71.8 Å². The molecule has 5 rings (SSSR count). The van der Waals surface area contributed by atoms with Crippen LogP contribution in [0.1, 0.15) is 11.1 Å². The predicted octanol–water partition coefficient (Wildman–Crippen LogP) is 3.68. The summed E-state index contributed by atoms with van der Waals surface area (Å²) in [7, 11) is 0. The number of hydrogen-bond acceptors (Lipinski definition) is 5. The number of benzene rings is 3. The van der Waals surface area contributed by atoms with Gasteiger partial charge in [0.1, 0.15) is 5.75 Å². The first-order valence-corrected chi connectivity index (χ1v) is 10.9. The van der Waals surface area contributed by atoms with Gasteiger partial charge in [0.25, 0.3) is 0 Å². The monoisotopic (exact) mass is 460 g/mol. The number of rotatable bonds is 3. The van der Waals surface area contributed by atoms with Crippen LogP contribution in [0.25, 0.3) is 27.6 Å². The molecular formula is C26H24N2O6. The van der Waals surface area contributed by atoms with Crippen LogP contribution in [0, 0.1) is 0 Å². The highest BCUT2D eigenvalue weighted by Crippen LogP contribution is 2.34. The Kier molecular flexibility index (Phi) is 6.89. The van der Waals surface area contributed by atoms with Gasteiger partial charge in [0.2, 0.25) is 0 Å². The first-order valence-electron chi connectivity index (χ1n) is 10.9. The van der Waals surface area contributed by atoms with Crippen LogP contribution in [-0.2, 0) is 16.0 Å². The Morgan fingerprint density at radius 1 is 0.882 bits per heavy atom. The molecule has 8 heteroatoms. The summed E-state index contributed by atoms with van der Waals surface area (Å²) < 4.78 is 5.60. The zero-order chi connectivity index (χ0) is 24.1. The molecule has 1 aliphatic heterocycles. The summed E-state index contributed by atoms with van der Waals surface area (Å²) >= 11 is 0. The average Bonchev–Trinajstić information content (AvgIpc) is 3.33. The number of carbonyl (C=O) groups excluding carboxylic acids is 1. The lowest BCUT2D eigenvalue weighted by atomic mass is 9.96. The van der Waals surface area contributed by atoms with Gasteiger partial charge >= 0.3 is 18.0 Å². The number of allylic oxidation sites excluding steroid dienone is 1. The van der Waals surface area contributed by atoms with Crippen LogP contribution in [0.3, 0.4) is 0 Å². The van der Waals surface area contributed by atoms with Crippen molar-refractivity contribution in [1.82, 2.24) is 10.2 Å². The third-order valence-electron chi connectivity index (χ3n) is 5.70. The van der Waals surface area contributed by atoms with Crippen LogP contribution in [0.5, 0.6) is 5.75 Å². The quantitative estimate of drug-likeness (QED) is 0.403. The maximum Gasteiger partial charge on any atom is 0.415 e. The van der Waals surface area contributed by atoms with Gasteiger partial charge in [-0.15, -0.1) is 0 Å². The summed E-state index contributed by atoms with van der Waals surface area (Å²) in [5, 5.41) is 23.7. The molecule has 8 nitrogen and oxygen atoms in total. The molecule has 0 spiro atoms. The Balaban J connectivity index is 0.000000297. The average molecular weight is 460 g/mol. The minimum Gasteiger partial charge on any atom is -0.478 e. The van der Waals surface area contributed by atoms with E-state index in [0.717, 1.165) is 24.9 Å². The van der Waals surface area contributed by atoms with Crippen molar-refractivity contribution in [2.75, 3.05) is 26.2 Å². The summed E-state index contributed by atoms with van der Waals surface area (Å²) in [6.07, 6.45) is 6.25. The molecule has 3 N–H and O–H groups in total. The fourth-order valence-corrected chi connectivity index (χ4v) is 4.11. The van der Waals surface area contributed by atoms with E-state index < -0.39 is 11.9 Å². The molecule has 0 unspecified atom stereocenters. The van der Waals surface area contributed by atoms with Gasteiger partial charge in [0.05, 0.1) is 0 Å². The number of carboxylic acid groups (broad SMARTS) is 2. The summed E-state index contributed by atoms with van der Waals surface area (Å²) in [6, 6.07) is 14.6. The Labute approximate surface area is 195 Å². The molecule has 3 aromatic rings. The second-order valence-corrected chi connectivity index (χ2v) is 7.90. The number of carbonyl (C=O) groups is 3. The number of amides is 1. The minimum atomic E-state index is -1.26. The summed E-state index contributed by atoms with van der Waals surface area (Å²) in [5.41, 5.74) is 2.72. The van der Waals surface area contributed by atoms with Crippen LogP contribution >= 0.6 is 0 Å². The summed E-state index contributed by atoms with van der Waals surface area (Å²) in [5.74, 6) is -1.91. The van der Waals surface area contributed by atoms with Gasteiger partial charge in [-0.1, -0.05) is 42.5 Å². The van der Waals surface area contributed by atoms with Crippen molar-refractivity contribution in [3.8, 4) is 5.75 Å². The van der Waals surface area contributed by atoms with Gasteiger partial charge in [0.15, 0.2) is 0 Å². The highest BCUT2D eigenvalue weighted by molar-refractivity contribution is 6.10. The molecule has 34 heavy (non-hydrogen) atoms. The second-order valence-electron chi connectivity index (χ2n) is 7.90. The first-order chi connectivity index (χ1) is 16.4. The number of nitrogens with zero attached hydrogens (tertiary/aromatic N) is 1. The lowest BCUT2D eigenvalue weighted by molar-refractivity contribution is -0.134. The van der Waals surface area contributed by atoms with Crippen molar-refractivity contribution in [2.24, 2.45) is 0 Å². The Morgan fingerprint density at radius 3 is 2.26 bits per heavy atom. The number of piperazine rings is 1. The van der Waals surface area contributed by atoms with Crippen molar-refractivity contribution >= 4 is 45.7 Å². The van der Waals surface area contributed by atoms with Gasteiger partial charge < -0.3 is 25.2 Å². The summed E-state index contributed by atoms with van der Waals surface area (Å²) in [6.45, 7) is 3.02. The Hall–Kier alpha value is -4.17. The number of carboxylic acids is 2. The molecule has 1 aliphatic carbocycles. The topological polar surface area (TPSA) is 116 Å². The highest BCUT2D eigenvalue weighted by Gasteiger charge is 2.18. The Morgan fingerprint density at radius 2 is 1.56 bits per heavy atom. The van der Waals surface area contributed by atoms with Crippen molar-refractivity contribution in [3.63, 3.8) is 0 Å². The van der Waals surface area contributed by atoms with E-state index in [2.05, 4.69) is 47.8 Å². The minimum absolute atomic E-state index is 0.268. The molecule has 0 atom stereocenters. The van der Waals surface area contributed by atoms with Crippen LogP contribution < -0.4 is 10.1 Å². The SMILES string of the molecule is O=C(O)/C=C\C(=O)O.O=C(Oc1ccc2c(ccc3c4c(ccc32)C=CC4)c1)N1CCNCC1. The van der Waals surface area contributed by atoms with Gasteiger partial charge in [-0.05, 0) is 51.2 Å². The van der Waals surface area contributed by atoms with Crippen molar-refractivity contribution in [1.29, 1.82) is 0 Å². The fraction of sp³-hybridized carbons (Fsp3) is 0.192. The van der Waals surface area contributed by atoms with Crippen molar-refractivity contribution < 1.29 is 29.3 Å². The number of ether oxygens (including phenoxy) is 1. The van der Waals surface area contributed by atoms with E-state index in [4.69, 9.17) is 14.9 Å². The third-order valence-corrected chi connectivity index (χ3v) is 5.70. The van der Waals surface area contributed by atoms with Gasteiger partial charge in [0, 0.05) is 38.3 Å². The molecule has 0 radical (unpaired) electrons. The van der Waals surface area contributed by atoms with Crippen LogP contribution in [0.2, 0.25) is 0 Å². The van der Waals surface area contributed by atoms with E-state index in [1.165, 1.54) is 27.3 Å². The molecule has 174 valence electrons. The molecule has 0 bridgehead atoms. The van der Waals surface area contributed by atoms with Gasteiger partial charge in [-0.2, -0.15) is 0 Å². The maximum atomic E-state index is 12.3. The number of nitrogens with one attached hydrogen (secondary N) is 1. The van der Waals surface area contributed by atoms with E-state index >= 15 is 0 Å². The fourth-order valence-electron chi connectivity index (χ4n) is 4.11. The number of fused-ring (bicyclic) bond motifs is 5. The second kappa shape index (κ2) is 10.2. The predicted molar refractivity (Wildman–Crippen MR) is 129 cm³/mol. The van der Waals surface area contributed by atoms with Crippen molar-refractivity contribution in [2.45, 2.75) is 6.42 Å². The molecule has 2 aliphatic rings. The molecule has 1 heterocycles. The molecule has 0 aromatic heterocycles. The van der Waals surface area contributed by atoms with Crippen LogP contribution in [0.15, 0.2) is 60.7 Å².